The van der Waals surface area contributed by atoms with Crippen LogP contribution in [0.2, 0.25) is 0 Å². The molecule has 0 bridgehead atoms. The van der Waals surface area contributed by atoms with Crippen molar-refractivity contribution in [2.75, 3.05) is 26.7 Å². The highest BCUT2D eigenvalue weighted by Gasteiger charge is 2.06. The maximum absolute atomic E-state index is 13.0. The summed E-state index contributed by atoms with van der Waals surface area (Å²) in [5, 5.41) is 9.77. The number of aliphatic imine (C=N–C) groups is 1. The maximum atomic E-state index is 13.0. The Labute approximate surface area is 188 Å². The van der Waals surface area contributed by atoms with Gasteiger partial charge in [0.15, 0.2) is 5.96 Å². The van der Waals surface area contributed by atoms with Crippen molar-refractivity contribution in [1.29, 1.82) is 0 Å². The van der Waals surface area contributed by atoms with Crippen molar-refractivity contribution in [1.82, 2.24) is 20.5 Å². The third-order valence-corrected chi connectivity index (χ3v) is 4.88. The molecule has 0 amide bonds. The Hall–Kier alpha value is -1.26. The maximum Gasteiger partial charge on any atom is 0.191 e. The van der Waals surface area contributed by atoms with Gasteiger partial charge in [-0.15, -0.1) is 35.3 Å². The van der Waals surface area contributed by atoms with Crippen LogP contribution in [0.4, 0.5) is 4.39 Å². The van der Waals surface area contributed by atoms with Crippen LogP contribution < -0.4 is 10.6 Å². The Morgan fingerprint density at radius 1 is 1.25 bits per heavy atom. The first-order valence-electron chi connectivity index (χ1n) is 9.37. The topological polar surface area (TPSA) is 52.6 Å². The number of halogens is 2. The van der Waals surface area contributed by atoms with Gasteiger partial charge in [-0.05, 0) is 37.6 Å². The highest BCUT2D eigenvalue weighted by Crippen LogP contribution is 2.18. The van der Waals surface area contributed by atoms with Gasteiger partial charge in [0.2, 0.25) is 0 Å². The summed E-state index contributed by atoms with van der Waals surface area (Å²) >= 11 is 1.66. The smallest absolute Gasteiger partial charge is 0.191 e. The van der Waals surface area contributed by atoms with Crippen LogP contribution in [-0.2, 0) is 13.1 Å². The van der Waals surface area contributed by atoms with Crippen LogP contribution in [0.15, 0.2) is 34.6 Å². The lowest BCUT2D eigenvalue weighted by Crippen LogP contribution is -2.40. The Balaban J connectivity index is 0.00000392. The van der Waals surface area contributed by atoms with E-state index >= 15 is 0 Å². The van der Waals surface area contributed by atoms with Crippen LogP contribution in [0.1, 0.15) is 43.0 Å². The van der Waals surface area contributed by atoms with Crippen LogP contribution in [0.25, 0.3) is 0 Å². The number of guanidine groups is 1. The first kappa shape index (κ1) is 24.8. The van der Waals surface area contributed by atoms with Crippen molar-refractivity contribution in [3.05, 3.63) is 51.7 Å². The summed E-state index contributed by atoms with van der Waals surface area (Å²) in [6, 6.07) is 6.65. The lowest BCUT2D eigenvalue weighted by atomic mass is 10.2. The van der Waals surface area contributed by atoms with E-state index in [1.807, 2.05) is 12.1 Å². The molecule has 0 aliphatic heterocycles. The zero-order valence-corrected chi connectivity index (χ0v) is 20.2. The van der Waals surface area contributed by atoms with Gasteiger partial charge < -0.3 is 15.5 Å². The molecular formula is C20H31FIN5S. The van der Waals surface area contributed by atoms with Crippen molar-refractivity contribution in [2.24, 2.45) is 4.99 Å². The summed E-state index contributed by atoms with van der Waals surface area (Å²) in [6.45, 7) is 10.2. The molecule has 0 atom stereocenters. The summed E-state index contributed by atoms with van der Waals surface area (Å²) in [5.74, 6) is 1.05. The number of nitrogens with one attached hydrogen (secondary N) is 2. The Morgan fingerprint density at radius 2 is 1.96 bits per heavy atom. The zero-order chi connectivity index (χ0) is 19.6. The Morgan fingerprint density at radius 3 is 2.57 bits per heavy atom. The van der Waals surface area contributed by atoms with Gasteiger partial charge in [-0.2, -0.15) is 0 Å². The number of benzene rings is 1. The molecule has 0 aliphatic carbocycles. The average molecular weight is 519 g/mol. The average Bonchev–Trinajstić information content (AvgIpc) is 3.11. The first-order chi connectivity index (χ1) is 13.0. The van der Waals surface area contributed by atoms with E-state index < -0.39 is 0 Å². The van der Waals surface area contributed by atoms with E-state index in [-0.39, 0.29) is 29.8 Å². The Kier molecular flexibility index (Phi) is 11.6. The number of thiazole rings is 1. The monoisotopic (exact) mass is 519 g/mol. The van der Waals surface area contributed by atoms with Crippen LogP contribution in [0.3, 0.4) is 0 Å². The summed E-state index contributed by atoms with van der Waals surface area (Å²) in [6.07, 6.45) is 0. The molecule has 0 aliphatic rings. The van der Waals surface area contributed by atoms with Crippen molar-refractivity contribution in [3.8, 4) is 0 Å². The molecule has 1 aromatic carbocycles. The second-order valence-corrected chi connectivity index (χ2v) is 7.75. The molecule has 0 radical (unpaired) electrons. The highest BCUT2D eigenvalue weighted by atomic mass is 127. The minimum atomic E-state index is -0.199. The van der Waals surface area contributed by atoms with Crippen LogP contribution in [0, 0.1) is 5.82 Å². The second kappa shape index (κ2) is 13.1. The molecule has 0 saturated heterocycles. The number of aromatic nitrogens is 1. The second-order valence-electron chi connectivity index (χ2n) is 6.81. The fraction of sp³-hybridized carbons (Fsp3) is 0.500. The largest absolute Gasteiger partial charge is 0.357 e. The normalized spacial score (nSPS) is 11.6. The molecule has 0 saturated carbocycles. The molecule has 28 heavy (non-hydrogen) atoms. The predicted octanol–water partition coefficient (Wildman–Crippen LogP) is 4.21. The van der Waals surface area contributed by atoms with Gasteiger partial charge in [0.1, 0.15) is 10.8 Å². The number of rotatable bonds is 9. The van der Waals surface area contributed by atoms with E-state index in [1.54, 1.807) is 11.3 Å². The zero-order valence-electron chi connectivity index (χ0n) is 17.0. The van der Waals surface area contributed by atoms with Gasteiger partial charge in [-0.25, -0.2) is 14.4 Å². The van der Waals surface area contributed by atoms with Gasteiger partial charge in [-0.3, -0.25) is 0 Å². The van der Waals surface area contributed by atoms with Crippen molar-refractivity contribution < 1.29 is 4.39 Å². The molecule has 1 heterocycles. The minimum absolute atomic E-state index is 0. The molecule has 0 spiro atoms. The van der Waals surface area contributed by atoms with E-state index in [1.165, 1.54) is 12.1 Å². The molecule has 8 heteroatoms. The van der Waals surface area contributed by atoms with E-state index in [4.69, 9.17) is 0 Å². The third-order valence-electron chi connectivity index (χ3n) is 4.03. The lowest BCUT2D eigenvalue weighted by Gasteiger charge is -2.18. The molecule has 2 rings (SSSR count). The minimum Gasteiger partial charge on any atom is -0.357 e. The molecule has 1 aromatic heterocycles. The Bertz CT molecular complexity index is 718. The van der Waals surface area contributed by atoms with Gasteiger partial charge in [-0.1, -0.05) is 26.0 Å². The van der Waals surface area contributed by atoms with Crippen molar-refractivity contribution in [3.63, 3.8) is 0 Å². The summed E-state index contributed by atoms with van der Waals surface area (Å²) in [4.78, 5) is 11.4. The number of hydrogen-bond acceptors (Lipinski definition) is 4. The fourth-order valence-corrected chi connectivity index (χ4v) is 3.38. The molecule has 156 valence electrons. The van der Waals surface area contributed by atoms with Gasteiger partial charge in [0.05, 0.1) is 12.2 Å². The molecule has 0 fully saturated rings. The van der Waals surface area contributed by atoms with Crippen molar-refractivity contribution in [2.45, 2.75) is 39.8 Å². The standard InChI is InChI=1S/C20H30FN5S.HI/c1-5-22-20(24-12-19-25-18(14-27-19)15(2)3)23-10-11-26(4)13-16-6-8-17(21)9-7-16;/h6-9,14-15H,5,10-13H2,1-4H3,(H2,22,23,24);1H. The van der Waals surface area contributed by atoms with E-state index in [0.29, 0.717) is 12.5 Å². The highest BCUT2D eigenvalue weighted by molar-refractivity contribution is 14.0. The number of hydrogen-bond donors (Lipinski definition) is 2. The molecule has 0 unspecified atom stereocenters. The van der Waals surface area contributed by atoms with Gasteiger partial charge in [0.25, 0.3) is 0 Å². The molecular weight excluding hydrogens is 488 g/mol. The number of likely N-dealkylation sites (N-methyl/N-ethyl adjacent to an activating group) is 1. The molecule has 2 aromatic rings. The summed E-state index contributed by atoms with van der Waals surface area (Å²) in [7, 11) is 2.05. The fourth-order valence-electron chi connectivity index (χ4n) is 2.50. The summed E-state index contributed by atoms with van der Waals surface area (Å²) in [5.41, 5.74) is 2.23. The quantitative estimate of drug-likeness (QED) is 0.296. The molecule has 2 N–H and O–H groups in total. The van der Waals surface area contributed by atoms with E-state index in [9.17, 15) is 4.39 Å². The third kappa shape index (κ3) is 8.83. The number of nitrogens with zero attached hydrogens (tertiary/aromatic N) is 3. The van der Waals surface area contributed by atoms with E-state index in [2.05, 4.69) is 58.7 Å². The van der Waals surface area contributed by atoms with Gasteiger partial charge >= 0.3 is 0 Å². The SMILES string of the molecule is CCNC(=NCc1nc(C(C)C)cs1)NCCN(C)Cc1ccc(F)cc1.I. The first-order valence-corrected chi connectivity index (χ1v) is 10.2. The summed E-state index contributed by atoms with van der Waals surface area (Å²) < 4.78 is 13.0. The lowest BCUT2D eigenvalue weighted by molar-refractivity contribution is 0.331. The van der Waals surface area contributed by atoms with E-state index in [0.717, 1.165) is 48.4 Å². The van der Waals surface area contributed by atoms with Crippen molar-refractivity contribution >= 4 is 41.3 Å². The molecule has 5 nitrogen and oxygen atoms in total. The van der Waals surface area contributed by atoms with Crippen LogP contribution in [-0.4, -0.2) is 42.5 Å². The van der Waals surface area contributed by atoms with Crippen LogP contribution in [0.5, 0.6) is 0 Å². The van der Waals surface area contributed by atoms with Crippen LogP contribution >= 0.6 is 35.3 Å². The predicted molar refractivity (Wildman–Crippen MR) is 127 cm³/mol. The van der Waals surface area contributed by atoms with Gasteiger partial charge in [0, 0.05) is 31.6 Å².